The van der Waals surface area contributed by atoms with E-state index in [0.29, 0.717) is 5.56 Å². The van der Waals surface area contributed by atoms with Crippen LogP contribution in [0.5, 0.6) is 23.0 Å². The predicted octanol–water partition coefficient (Wildman–Crippen LogP) is -1.10. The molecule has 0 radical (unpaired) electrons. The lowest BCUT2D eigenvalue weighted by Gasteiger charge is -2.39. The number of aliphatic hydroxyl groups is 6. The van der Waals surface area contributed by atoms with Gasteiger partial charge < -0.3 is 64.2 Å². The molecule has 3 heterocycles. The highest BCUT2D eigenvalue weighted by atomic mass is 16.7. The fourth-order valence-corrected chi connectivity index (χ4v) is 4.47. The monoisotopic (exact) mass is 564 g/mol. The molecule has 2 aromatic carbocycles. The van der Waals surface area contributed by atoms with Crippen LogP contribution < -0.4 is 14.9 Å². The molecule has 9 atom stereocenters. The van der Waals surface area contributed by atoms with Gasteiger partial charge in [-0.25, -0.2) is 0 Å². The molecule has 2 aliphatic heterocycles. The second-order valence-corrected chi connectivity index (χ2v) is 9.61. The summed E-state index contributed by atoms with van der Waals surface area (Å²) >= 11 is 0. The molecule has 2 aliphatic rings. The van der Waals surface area contributed by atoms with Crippen LogP contribution in [0.1, 0.15) is 6.92 Å². The maximum Gasteiger partial charge on any atom is 0.229 e. The molecule has 5 rings (SSSR count). The number of fused-ring (bicyclic) bond motifs is 1. The zero-order valence-corrected chi connectivity index (χ0v) is 20.9. The smallest absolute Gasteiger partial charge is 0.229 e. The minimum absolute atomic E-state index is 0.0145. The molecule has 1 aromatic heterocycles. The molecule has 8 N–H and O–H groups in total. The molecule has 14 heteroatoms. The number of hydrogen-bond acceptors (Lipinski definition) is 14. The van der Waals surface area contributed by atoms with Crippen molar-refractivity contribution in [1.29, 1.82) is 0 Å². The lowest BCUT2D eigenvalue weighted by atomic mass is 10.00. The van der Waals surface area contributed by atoms with Gasteiger partial charge in [-0.05, 0) is 31.2 Å². The first kappa shape index (κ1) is 28.1. The van der Waals surface area contributed by atoms with E-state index in [0.717, 1.165) is 12.1 Å². The van der Waals surface area contributed by atoms with E-state index in [4.69, 9.17) is 23.4 Å². The number of phenols is 2. The summed E-state index contributed by atoms with van der Waals surface area (Å²) < 4.78 is 27.9. The topological polar surface area (TPSA) is 229 Å². The first-order valence-corrected chi connectivity index (χ1v) is 12.3. The van der Waals surface area contributed by atoms with E-state index in [1.54, 1.807) is 0 Å². The minimum atomic E-state index is -1.78. The Kier molecular flexibility index (Phi) is 7.60. The number of aromatic hydroxyl groups is 2. The van der Waals surface area contributed by atoms with Gasteiger partial charge in [0.2, 0.25) is 18.3 Å². The summed E-state index contributed by atoms with van der Waals surface area (Å²) in [6.45, 7) is 0.991. The second-order valence-electron chi connectivity index (χ2n) is 9.61. The number of aliphatic hydroxyl groups excluding tert-OH is 6. The third kappa shape index (κ3) is 5.07. The molecule has 3 aromatic rings. The summed E-state index contributed by atoms with van der Waals surface area (Å²) in [4.78, 5) is 13.1. The highest BCUT2D eigenvalue weighted by molar-refractivity contribution is 5.89. The highest BCUT2D eigenvalue weighted by Crippen LogP contribution is 2.45. The average Bonchev–Trinajstić information content (AvgIpc) is 2.92. The van der Waals surface area contributed by atoms with Crippen LogP contribution in [0.2, 0.25) is 0 Å². The van der Waals surface area contributed by atoms with Gasteiger partial charge in [0.25, 0.3) is 0 Å². The molecular weight excluding hydrogens is 536 g/mol. The van der Waals surface area contributed by atoms with Gasteiger partial charge in [0.15, 0.2) is 16.9 Å². The van der Waals surface area contributed by atoms with E-state index in [9.17, 15) is 45.6 Å². The molecule has 14 nitrogen and oxygen atoms in total. The quantitative estimate of drug-likeness (QED) is 0.184. The molecule has 0 aliphatic carbocycles. The van der Waals surface area contributed by atoms with Gasteiger partial charge in [0.05, 0.1) is 12.7 Å². The summed E-state index contributed by atoms with van der Waals surface area (Å²) in [6.07, 6.45) is -14.0. The van der Waals surface area contributed by atoms with Crippen molar-refractivity contribution < 1.29 is 64.2 Å². The standard InChI is InChI=1S/C26H28O14/c1-9-18(30)21(33)23(35)26(37-9)39-16-7-15-17(12(28)6-14(38-15)10-2-4-11(27)5-3-10)20(32)24(16)40-25-22(34)19(31)13(29)8-36-25/h2-7,9,13,18-19,21-23,25-27,29-35H,8H2,1H3. The number of benzene rings is 2. The molecule has 0 amide bonds. The third-order valence-corrected chi connectivity index (χ3v) is 6.80. The van der Waals surface area contributed by atoms with Crippen molar-refractivity contribution in [3.8, 4) is 34.3 Å². The first-order valence-electron chi connectivity index (χ1n) is 12.3. The molecule has 216 valence electrons. The van der Waals surface area contributed by atoms with Crippen LogP contribution in [0.15, 0.2) is 45.6 Å². The van der Waals surface area contributed by atoms with E-state index in [1.807, 2.05) is 0 Å². The van der Waals surface area contributed by atoms with Gasteiger partial charge in [0, 0.05) is 17.7 Å². The fraction of sp³-hybridized carbons (Fsp3) is 0.423. The molecule has 0 bridgehead atoms. The first-order chi connectivity index (χ1) is 19.0. The number of rotatable bonds is 5. The van der Waals surface area contributed by atoms with Crippen molar-refractivity contribution in [2.24, 2.45) is 0 Å². The Morgan fingerprint density at radius 3 is 2.20 bits per heavy atom. The van der Waals surface area contributed by atoms with Crippen LogP contribution >= 0.6 is 0 Å². The fourth-order valence-electron chi connectivity index (χ4n) is 4.47. The molecule has 9 unspecified atom stereocenters. The Hall–Kier alpha value is -3.47. The van der Waals surface area contributed by atoms with Gasteiger partial charge >= 0.3 is 0 Å². The summed E-state index contributed by atoms with van der Waals surface area (Å²) in [7, 11) is 0. The van der Waals surface area contributed by atoms with Crippen LogP contribution in [-0.4, -0.2) is 103 Å². The Labute approximate surface area is 225 Å². The predicted molar refractivity (Wildman–Crippen MR) is 133 cm³/mol. The summed E-state index contributed by atoms with van der Waals surface area (Å²) in [5, 5.41) is 81.2. The zero-order valence-electron chi connectivity index (χ0n) is 20.9. The van der Waals surface area contributed by atoms with Crippen LogP contribution in [0.25, 0.3) is 22.3 Å². The number of ether oxygens (including phenoxy) is 4. The molecule has 0 spiro atoms. The van der Waals surface area contributed by atoms with E-state index in [1.165, 1.54) is 31.2 Å². The van der Waals surface area contributed by atoms with Gasteiger partial charge in [-0.2, -0.15) is 0 Å². The van der Waals surface area contributed by atoms with Crippen molar-refractivity contribution in [3.63, 3.8) is 0 Å². The maximum atomic E-state index is 13.1. The maximum absolute atomic E-state index is 13.1. The Morgan fingerprint density at radius 1 is 0.825 bits per heavy atom. The van der Waals surface area contributed by atoms with Crippen molar-refractivity contribution in [2.45, 2.75) is 62.2 Å². The zero-order chi connectivity index (χ0) is 28.9. The van der Waals surface area contributed by atoms with Crippen molar-refractivity contribution >= 4 is 11.0 Å². The lowest BCUT2D eigenvalue weighted by molar-refractivity contribution is -0.269. The van der Waals surface area contributed by atoms with Gasteiger partial charge in [-0.15, -0.1) is 0 Å². The van der Waals surface area contributed by atoms with E-state index in [2.05, 4.69) is 0 Å². The Balaban J connectivity index is 1.61. The highest BCUT2D eigenvalue weighted by Gasteiger charge is 2.44. The number of hydrogen-bond donors (Lipinski definition) is 8. The Bertz CT molecular complexity index is 1420. The van der Waals surface area contributed by atoms with Crippen molar-refractivity contribution in [3.05, 3.63) is 46.6 Å². The normalized spacial score (nSPS) is 32.6. The van der Waals surface area contributed by atoms with Crippen molar-refractivity contribution in [1.82, 2.24) is 0 Å². The number of phenolic OH excluding ortho intramolecular Hbond substituents is 2. The molecule has 0 saturated carbocycles. The van der Waals surface area contributed by atoms with E-state index >= 15 is 0 Å². The van der Waals surface area contributed by atoms with Gasteiger partial charge in [0.1, 0.15) is 59.1 Å². The molecule has 2 saturated heterocycles. The van der Waals surface area contributed by atoms with E-state index < -0.39 is 84.6 Å². The largest absolute Gasteiger partial charge is 0.508 e. The average molecular weight is 564 g/mol. The Morgan fingerprint density at radius 2 is 1.50 bits per heavy atom. The molecule has 40 heavy (non-hydrogen) atoms. The summed E-state index contributed by atoms with van der Waals surface area (Å²) in [6, 6.07) is 7.98. The third-order valence-electron chi connectivity index (χ3n) is 6.80. The summed E-state index contributed by atoms with van der Waals surface area (Å²) in [5.41, 5.74) is -0.489. The van der Waals surface area contributed by atoms with Gasteiger partial charge in [-0.3, -0.25) is 4.79 Å². The molecule has 2 fully saturated rings. The van der Waals surface area contributed by atoms with Crippen LogP contribution in [-0.2, 0) is 9.47 Å². The second kappa shape index (κ2) is 10.8. The van der Waals surface area contributed by atoms with Crippen LogP contribution in [0.4, 0.5) is 0 Å². The van der Waals surface area contributed by atoms with E-state index in [-0.39, 0.29) is 22.5 Å². The molecular formula is C26H28O14. The van der Waals surface area contributed by atoms with Crippen LogP contribution in [0.3, 0.4) is 0 Å². The SMILES string of the molecule is CC1OC(Oc2cc3oc(-c4ccc(O)cc4)cc(=O)c3c(O)c2OC2OCC(O)C(O)C2O)C(O)C(O)C1O. The minimum Gasteiger partial charge on any atom is -0.508 e. The van der Waals surface area contributed by atoms with Crippen molar-refractivity contribution in [2.75, 3.05) is 6.61 Å². The van der Waals surface area contributed by atoms with Gasteiger partial charge in [-0.1, -0.05) is 0 Å². The lowest BCUT2D eigenvalue weighted by Crippen LogP contribution is -2.58. The summed E-state index contributed by atoms with van der Waals surface area (Å²) in [5.74, 6) is -1.73. The van der Waals surface area contributed by atoms with Crippen LogP contribution in [0, 0.1) is 0 Å².